The van der Waals surface area contributed by atoms with Gasteiger partial charge in [-0.25, -0.2) is 0 Å². The lowest BCUT2D eigenvalue weighted by atomic mass is 10.0. The number of hydrogen-bond acceptors (Lipinski definition) is 4. The van der Waals surface area contributed by atoms with Crippen LogP contribution in [0, 0.1) is 0 Å². The molecule has 1 heterocycles. The first-order valence-corrected chi connectivity index (χ1v) is 9.04. The molecule has 0 aromatic heterocycles. The Morgan fingerprint density at radius 1 is 1.15 bits per heavy atom. The highest BCUT2D eigenvalue weighted by Crippen LogP contribution is 2.30. The first-order valence-electron chi connectivity index (χ1n) is 9.04. The summed E-state index contributed by atoms with van der Waals surface area (Å²) >= 11 is 0. The van der Waals surface area contributed by atoms with E-state index < -0.39 is 0 Å². The van der Waals surface area contributed by atoms with Gasteiger partial charge in [-0.05, 0) is 11.6 Å². The van der Waals surface area contributed by atoms with Gasteiger partial charge in [-0.3, -0.25) is 4.79 Å². The van der Waals surface area contributed by atoms with Gasteiger partial charge >= 0.3 is 0 Å². The third-order valence-corrected chi connectivity index (χ3v) is 4.63. The number of para-hydroxylation sites is 1. The Hall–Kier alpha value is -2.37. The number of carbonyl (C=O) groups excluding carboxylic acids is 1. The van der Waals surface area contributed by atoms with E-state index in [4.69, 9.17) is 9.47 Å². The molecular weight excluding hydrogens is 328 g/mol. The van der Waals surface area contributed by atoms with Gasteiger partial charge in [-0.1, -0.05) is 48.5 Å². The van der Waals surface area contributed by atoms with E-state index in [0.29, 0.717) is 26.2 Å². The monoisotopic (exact) mass is 354 g/mol. The minimum atomic E-state index is -0.0125. The second-order valence-electron chi connectivity index (χ2n) is 6.34. The highest BCUT2D eigenvalue weighted by Gasteiger charge is 2.29. The molecule has 5 heteroatoms. The largest absolute Gasteiger partial charge is 0.496 e. The maximum absolute atomic E-state index is 12.8. The van der Waals surface area contributed by atoms with E-state index in [2.05, 4.69) is 5.32 Å². The molecule has 1 aliphatic heterocycles. The number of piperazine rings is 1. The highest BCUT2D eigenvalue weighted by atomic mass is 16.5. The van der Waals surface area contributed by atoms with Crippen LogP contribution in [-0.2, 0) is 16.1 Å². The fraction of sp³-hybridized carbons (Fsp3) is 0.381. The maximum Gasteiger partial charge on any atom is 0.225 e. The molecule has 2 aromatic carbocycles. The van der Waals surface area contributed by atoms with Crippen LogP contribution >= 0.6 is 0 Å². The van der Waals surface area contributed by atoms with Crippen LogP contribution < -0.4 is 10.1 Å². The van der Waals surface area contributed by atoms with E-state index in [1.165, 1.54) is 0 Å². The Morgan fingerprint density at radius 2 is 1.92 bits per heavy atom. The lowest BCUT2D eigenvalue weighted by Gasteiger charge is -2.37. The van der Waals surface area contributed by atoms with Gasteiger partial charge in [0.05, 0.1) is 32.8 Å². The summed E-state index contributed by atoms with van der Waals surface area (Å²) in [5, 5.41) is 3.38. The smallest absolute Gasteiger partial charge is 0.225 e. The average Bonchev–Trinajstić information content (AvgIpc) is 2.72. The summed E-state index contributed by atoms with van der Waals surface area (Å²) in [5.74, 6) is 0.940. The summed E-state index contributed by atoms with van der Waals surface area (Å²) in [6.07, 6.45) is 0.387. The van der Waals surface area contributed by atoms with Gasteiger partial charge < -0.3 is 19.7 Å². The summed E-state index contributed by atoms with van der Waals surface area (Å²) in [7, 11) is 1.67. The van der Waals surface area contributed by atoms with Crippen LogP contribution in [0.1, 0.15) is 23.6 Å². The van der Waals surface area contributed by atoms with Crippen molar-refractivity contribution in [1.82, 2.24) is 10.2 Å². The second-order valence-corrected chi connectivity index (χ2v) is 6.34. The summed E-state index contributed by atoms with van der Waals surface area (Å²) in [6.45, 7) is 3.20. The van der Waals surface area contributed by atoms with E-state index in [1.807, 2.05) is 59.5 Å². The molecule has 0 bridgehead atoms. The van der Waals surface area contributed by atoms with E-state index in [0.717, 1.165) is 30.0 Å². The summed E-state index contributed by atoms with van der Waals surface area (Å²) in [6, 6.07) is 17.9. The average molecular weight is 354 g/mol. The normalized spacial score (nSPS) is 17.1. The maximum atomic E-state index is 12.8. The predicted molar refractivity (Wildman–Crippen MR) is 101 cm³/mol. The van der Waals surface area contributed by atoms with Gasteiger partial charge in [0.15, 0.2) is 0 Å². The molecule has 138 valence electrons. The number of amides is 1. The number of hydrogen-bond donors (Lipinski definition) is 1. The topological polar surface area (TPSA) is 50.8 Å². The summed E-state index contributed by atoms with van der Waals surface area (Å²) in [5.41, 5.74) is 2.16. The first kappa shape index (κ1) is 18.4. The van der Waals surface area contributed by atoms with Crippen molar-refractivity contribution < 1.29 is 14.3 Å². The number of nitrogens with one attached hydrogen (secondary N) is 1. The van der Waals surface area contributed by atoms with Crippen LogP contribution in [0.4, 0.5) is 0 Å². The van der Waals surface area contributed by atoms with Crippen LogP contribution in [0.5, 0.6) is 5.75 Å². The number of rotatable bonds is 7. The van der Waals surface area contributed by atoms with Crippen molar-refractivity contribution in [3.8, 4) is 5.75 Å². The van der Waals surface area contributed by atoms with Gasteiger partial charge in [0.1, 0.15) is 5.75 Å². The zero-order valence-corrected chi connectivity index (χ0v) is 15.2. The molecule has 0 saturated carbocycles. The molecule has 1 atom stereocenters. The SMILES string of the molecule is COc1ccccc1C1CNCCN1C(=O)CCOCc1ccccc1. The second kappa shape index (κ2) is 9.36. The third kappa shape index (κ3) is 4.62. The molecule has 3 rings (SSSR count). The van der Waals surface area contributed by atoms with Crippen molar-refractivity contribution in [3.63, 3.8) is 0 Å². The lowest BCUT2D eigenvalue weighted by molar-refractivity contribution is -0.135. The van der Waals surface area contributed by atoms with Gasteiger partial charge in [0.2, 0.25) is 5.91 Å². The number of nitrogens with zero attached hydrogens (tertiary/aromatic N) is 1. The quantitative estimate of drug-likeness (QED) is 0.777. The van der Waals surface area contributed by atoms with Gasteiger partial charge in [0, 0.05) is 25.2 Å². The Balaban J connectivity index is 1.57. The fourth-order valence-corrected chi connectivity index (χ4v) is 3.29. The zero-order valence-electron chi connectivity index (χ0n) is 15.2. The molecule has 1 N–H and O–H groups in total. The molecule has 1 aliphatic rings. The van der Waals surface area contributed by atoms with Crippen LogP contribution in [0.2, 0.25) is 0 Å². The molecule has 26 heavy (non-hydrogen) atoms. The molecule has 1 amide bonds. The third-order valence-electron chi connectivity index (χ3n) is 4.63. The van der Waals surface area contributed by atoms with Gasteiger partial charge in [0.25, 0.3) is 0 Å². The minimum absolute atomic E-state index is 0.0125. The van der Waals surface area contributed by atoms with E-state index >= 15 is 0 Å². The molecule has 2 aromatic rings. The molecule has 0 radical (unpaired) electrons. The van der Waals surface area contributed by atoms with Gasteiger partial charge in [-0.15, -0.1) is 0 Å². The molecular formula is C21H26N2O3. The lowest BCUT2D eigenvalue weighted by Crippen LogP contribution is -2.49. The Bertz CT molecular complexity index is 705. The van der Waals surface area contributed by atoms with Crippen LogP contribution in [0.3, 0.4) is 0 Å². The van der Waals surface area contributed by atoms with Crippen molar-refractivity contribution >= 4 is 5.91 Å². The van der Waals surface area contributed by atoms with Crippen LogP contribution in [-0.4, -0.2) is 44.2 Å². The minimum Gasteiger partial charge on any atom is -0.496 e. The van der Waals surface area contributed by atoms with E-state index in [9.17, 15) is 4.79 Å². The van der Waals surface area contributed by atoms with E-state index in [-0.39, 0.29) is 11.9 Å². The highest BCUT2D eigenvalue weighted by molar-refractivity contribution is 5.77. The summed E-state index contributed by atoms with van der Waals surface area (Å²) < 4.78 is 11.2. The molecule has 0 aliphatic carbocycles. The van der Waals surface area contributed by atoms with Crippen LogP contribution in [0.15, 0.2) is 54.6 Å². The zero-order chi connectivity index (χ0) is 18.2. The molecule has 1 unspecified atom stereocenters. The number of benzene rings is 2. The molecule has 1 fully saturated rings. The van der Waals surface area contributed by atoms with Crippen molar-refractivity contribution in [2.45, 2.75) is 19.1 Å². The van der Waals surface area contributed by atoms with Crippen molar-refractivity contribution in [3.05, 3.63) is 65.7 Å². The van der Waals surface area contributed by atoms with Gasteiger partial charge in [-0.2, -0.15) is 0 Å². The molecule has 1 saturated heterocycles. The Labute approximate surface area is 154 Å². The standard InChI is InChI=1S/C21H26N2O3/c1-25-20-10-6-5-9-18(20)19-15-22-12-13-23(19)21(24)11-14-26-16-17-7-3-2-4-8-17/h2-10,19,22H,11-16H2,1H3. The summed E-state index contributed by atoms with van der Waals surface area (Å²) in [4.78, 5) is 14.7. The van der Waals surface area contributed by atoms with Crippen molar-refractivity contribution in [2.24, 2.45) is 0 Å². The van der Waals surface area contributed by atoms with Crippen LogP contribution in [0.25, 0.3) is 0 Å². The number of carbonyl (C=O) groups is 1. The Morgan fingerprint density at radius 3 is 2.73 bits per heavy atom. The number of ether oxygens (including phenoxy) is 2. The van der Waals surface area contributed by atoms with Crippen molar-refractivity contribution in [1.29, 1.82) is 0 Å². The van der Waals surface area contributed by atoms with E-state index in [1.54, 1.807) is 7.11 Å². The first-order chi connectivity index (χ1) is 12.8. The predicted octanol–water partition coefficient (Wildman–Crippen LogP) is 2.78. The molecule has 0 spiro atoms. The number of methoxy groups -OCH3 is 1. The Kier molecular flexibility index (Phi) is 6.63. The molecule has 5 nitrogen and oxygen atoms in total. The fourth-order valence-electron chi connectivity index (χ4n) is 3.29. The van der Waals surface area contributed by atoms with Crippen molar-refractivity contribution in [2.75, 3.05) is 33.4 Å².